The van der Waals surface area contributed by atoms with Gasteiger partial charge in [-0.25, -0.2) is 0 Å². The maximum Gasteiger partial charge on any atom is 0.270 e. The van der Waals surface area contributed by atoms with Crippen molar-refractivity contribution in [2.45, 2.75) is 6.92 Å². The summed E-state index contributed by atoms with van der Waals surface area (Å²) in [6.07, 6.45) is 0. The van der Waals surface area contributed by atoms with Gasteiger partial charge in [0.05, 0.1) is 10.5 Å². The summed E-state index contributed by atoms with van der Waals surface area (Å²) in [5, 5.41) is 10.7. The van der Waals surface area contributed by atoms with Crippen molar-refractivity contribution in [2.75, 3.05) is 13.6 Å². The zero-order valence-electron chi connectivity index (χ0n) is 10.1. The molecule has 0 saturated heterocycles. The Morgan fingerprint density at radius 1 is 1.56 bits per heavy atom. The minimum absolute atomic E-state index is 0.0810. The fraction of sp³-hybridized carbons (Fsp3) is 0.250. The van der Waals surface area contributed by atoms with Crippen molar-refractivity contribution in [3.8, 4) is 0 Å². The summed E-state index contributed by atoms with van der Waals surface area (Å²) >= 11 is 1.99. The summed E-state index contributed by atoms with van der Waals surface area (Å²) in [5.41, 5.74) is 1.11. The van der Waals surface area contributed by atoms with E-state index in [1.807, 2.05) is 29.5 Å². The molecule has 1 aromatic rings. The van der Waals surface area contributed by atoms with Crippen molar-refractivity contribution >= 4 is 34.2 Å². The monoisotopic (exact) mass is 360 g/mol. The number of benzene rings is 1. The molecule has 96 valence electrons. The molecular formula is C12H13IN2O3. The quantitative estimate of drug-likeness (QED) is 0.359. The van der Waals surface area contributed by atoms with Crippen molar-refractivity contribution in [2.24, 2.45) is 0 Å². The Labute approximate surface area is 119 Å². The number of non-ortho nitro benzene ring substituents is 1. The third-order valence-electron chi connectivity index (χ3n) is 2.24. The minimum Gasteiger partial charge on any atom is -0.338 e. The van der Waals surface area contributed by atoms with E-state index in [-0.39, 0.29) is 11.6 Å². The number of hydrogen-bond donors (Lipinski definition) is 0. The third kappa shape index (κ3) is 3.52. The van der Waals surface area contributed by atoms with Crippen molar-refractivity contribution < 1.29 is 9.72 Å². The number of carbonyl (C=O) groups excluding carboxylic acids is 1. The van der Waals surface area contributed by atoms with Crippen LogP contribution >= 0.6 is 22.6 Å². The molecular weight excluding hydrogens is 347 g/mol. The molecule has 0 saturated carbocycles. The lowest BCUT2D eigenvalue weighted by molar-refractivity contribution is -0.384. The molecule has 0 bridgehead atoms. The molecule has 0 atom stereocenters. The number of nitro groups is 1. The SMILES string of the molecule is C=C(C)CN(C)C(=O)c1cc([N+](=O)[O-])ccc1I. The third-order valence-corrected chi connectivity index (χ3v) is 3.19. The highest BCUT2D eigenvalue weighted by atomic mass is 127. The lowest BCUT2D eigenvalue weighted by atomic mass is 10.1. The second-order valence-electron chi connectivity index (χ2n) is 4.04. The van der Waals surface area contributed by atoms with Gasteiger partial charge in [-0.1, -0.05) is 12.2 Å². The molecule has 0 aliphatic heterocycles. The first-order valence-corrected chi connectivity index (χ1v) is 6.24. The molecule has 1 amide bonds. The molecule has 18 heavy (non-hydrogen) atoms. The van der Waals surface area contributed by atoms with E-state index in [1.54, 1.807) is 13.1 Å². The van der Waals surface area contributed by atoms with Crippen LogP contribution in [0.3, 0.4) is 0 Å². The Kier molecular flexibility index (Phi) is 4.83. The number of carbonyl (C=O) groups is 1. The zero-order valence-corrected chi connectivity index (χ0v) is 12.3. The van der Waals surface area contributed by atoms with Gasteiger partial charge in [0.15, 0.2) is 0 Å². The van der Waals surface area contributed by atoms with Crippen molar-refractivity contribution in [1.29, 1.82) is 0 Å². The van der Waals surface area contributed by atoms with Crippen LogP contribution < -0.4 is 0 Å². The molecule has 1 aromatic carbocycles. The van der Waals surface area contributed by atoms with Gasteiger partial charge < -0.3 is 4.90 Å². The number of hydrogen-bond acceptors (Lipinski definition) is 3. The first-order valence-electron chi connectivity index (χ1n) is 5.16. The molecule has 0 aliphatic carbocycles. The van der Waals surface area contributed by atoms with Crippen LogP contribution in [0, 0.1) is 13.7 Å². The smallest absolute Gasteiger partial charge is 0.270 e. The Morgan fingerprint density at radius 2 is 2.17 bits per heavy atom. The molecule has 0 fully saturated rings. The van der Waals surface area contributed by atoms with E-state index in [9.17, 15) is 14.9 Å². The van der Waals surface area contributed by atoms with Gasteiger partial charge in [0.25, 0.3) is 11.6 Å². The maximum atomic E-state index is 12.1. The Bertz CT molecular complexity index is 514. The maximum absolute atomic E-state index is 12.1. The van der Waals surface area contributed by atoms with E-state index in [1.165, 1.54) is 17.0 Å². The van der Waals surface area contributed by atoms with E-state index in [4.69, 9.17) is 0 Å². The van der Waals surface area contributed by atoms with Crippen molar-refractivity contribution in [3.63, 3.8) is 0 Å². The fourth-order valence-electron chi connectivity index (χ4n) is 1.47. The normalized spacial score (nSPS) is 9.94. The molecule has 0 radical (unpaired) electrons. The molecule has 0 heterocycles. The van der Waals surface area contributed by atoms with Crippen molar-refractivity contribution in [3.05, 3.63) is 49.6 Å². The van der Waals surface area contributed by atoms with Crippen LogP contribution in [-0.2, 0) is 0 Å². The van der Waals surface area contributed by atoms with Gasteiger partial charge in [-0.15, -0.1) is 0 Å². The summed E-state index contributed by atoms with van der Waals surface area (Å²) in [4.78, 5) is 23.8. The Hall–Kier alpha value is -1.44. The van der Waals surface area contributed by atoms with Gasteiger partial charge in [-0.2, -0.15) is 0 Å². The number of likely N-dealkylation sites (N-methyl/N-ethyl adjacent to an activating group) is 1. The van der Waals surface area contributed by atoms with Gasteiger partial charge in [0, 0.05) is 29.3 Å². The van der Waals surface area contributed by atoms with Crippen LogP contribution in [0.5, 0.6) is 0 Å². The van der Waals surface area contributed by atoms with Crippen LogP contribution in [0.2, 0.25) is 0 Å². The molecule has 0 unspecified atom stereocenters. The van der Waals surface area contributed by atoms with Gasteiger partial charge >= 0.3 is 0 Å². The average Bonchev–Trinajstić information content (AvgIpc) is 2.27. The van der Waals surface area contributed by atoms with Gasteiger partial charge in [-0.05, 0) is 35.6 Å². The van der Waals surface area contributed by atoms with Crippen LogP contribution in [0.15, 0.2) is 30.4 Å². The largest absolute Gasteiger partial charge is 0.338 e. The number of amides is 1. The average molecular weight is 360 g/mol. The summed E-state index contributed by atoms with van der Waals surface area (Å²) in [6.45, 7) is 5.99. The van der Waals surface area contributed by atoms with Gasteiger partial charge in [0.1, 0.15) is 0 Å². The first-order chi connectivity index (χ1) is 8.32. The van der Waals surface area contributed by atoms with Gasteiger partial charge in [0.2, 0.25) is 0 Å². The van der Waals surface area contributed by atoms with Crippen LogP contribution in [-0.4, -0.2) is 29.3 Å². The van der Waals surface area contributed by atoms with E-state index >= 15 is 0 Å². The van der Waals surface area contributed by atoms with E-state index in [0.717, 1.165) is 5.57 Å². The Balaban J connectivity index is 3.08. The number of nitrogens with zero attached hydrogens (tertiary/aromatic N) is 2. The minimum atomic E-state index is -0.508. The lowest BCUT2D eigenvalue weighted by Gasteiger charge is -2.17. The van der Waals surface area contributed by atoms with E-state index < -0.39 is 4.92 Å². The molecule has 5 nitrogen and oxygen atoms in total. The van der Waals surface area contributed by atoms with Crippen LogP contribution in [0.25, 0.3) is 0 Å². The zero-order chi connectivity index (χ0) is 13.9. The second kappa shape index (κ2) is 5.94. The number of nitro benzene ring substituents is 1. The topological polar surface area (TPSA) is 63.5 Å². The van der Waals surface area contributed by atoms with Crippen molar-refractivity contribution in [1.82, 2.24) is 4.90 Å². The predicted octanol–water partition coefficient (Wildman–Crippen LogP) is 2.85. The van der Waals surface area contributed by atoms with Crippen LogP contribution in [0.4, 0.5) is 5.69 Å². The standard InChI is InChI=1S/C12H13IN2O3/c1-8(2)7-14(3)12(16)10-6-9(15(17)18)4-5-11(10)13/h4-6H,1,7H2,2-3H3. The summed E-state index contributed by atoms with van der Waals surface area (Å²) in [6, 6.07) is 4.26. The predicted molar refractivity (Wildman–Crippen MR) is 77.6 cm³/mol. The highest BCUT2D eigenvalue weighted by molar-refractivity contribution is 14.1. The van der Waals surface area contributed by atoms with Gasteiger partial charge in [-0.3, -0.25) is 14.9 Å². The molecule has 0 spiro atoms. The Morgan fingerprint density at radius 3 is 2.67 bits per heavy atom. The lowest BCUT2D eigenvalue weighted by Crippen LogP contribution is -2.28. The fourth-order valence-corrected chi connectivity index (χ4v) is 2.04. The summed E-state index contributed by atoms with van der Waals surface area (Å²) in [5.74, 6) is -0.244. The number of rotatable bonds is 4. The molecule has 6 heteroatoms. The highest BCUT2D eigenvalue weighted by Gasteiger charge is 2.18. The summed E-state index contributed by atoms with van der Waals surface area (Å²) in [7, 11) is 1.64. The molecule has 0 aliphatic rings. The number of halogens is 1. The first kappa shape index (κ1) is 14.6. The van der Waals surface area contributed by atoms with Crippen LogP contribution in [0.1, 0.15) is 17.3 Å². The summed E-state index contributed by atoms with van der Waals surface area (Å²) < 4.78 is 0.691. The van der Waals surface area contributed by atoms with E-state index in [2.05, 4.69) is 6.58 Å². The molecule has 0 aromatic heterocycles. The second-order valence-corrected chi connectivity index (χ2v) is 5.20. The van der Waals surface area contributed by atoms with E-state index in [0.29, 0.717) is 15.7 Å². The molecule has 0 N–H and O–H groups in total. The molecule has 1 rings (SSSR count). The highest BCUT2D eigenvalue weighted by Crippen LogP contribution is 2.20.